The maximum absolute atomic E-state index is 3.74. The van der Waals surface area contributed by atoms with Gasteiger partial charge in [0.15, 0.2) is 0 Å². The molecule has 1 unspecified atom stereocenters. The quantitative estimate of drug-likeness (QED) is 0.806. The topological polar surface area (TPSA) is 15.3 Å². The van der Waals surface area contributed by atoms with Crippen LogP contribution in [0, 0.1) is 0 Å². The van der Waals surface area contributed by atoms with Gasteiger partial charge in [-0.3, -0.25) is 0 Å². The van der Waals surface area contributed by atoms with Gasteiger partial charge in [-0.25, -0.2) is 0 Å². The summed E-state index contributed by atoms with van der Waals surface area (Å²) in [5.41, 5.74) is 2.49. The van der Waals surface area contributed by atoms with Crippen molar-refractivity contribution in [1.29, 1.82) is 0 Å². The molecule has 1 aromatic carbocycles. The van der Waals surface area contributed by atoms with Crippen LogP contribution in [0.4, 0.5) is 0 Å². The summed E-state index contributed by atoms with van der Waals surface area (Å²) in [5, 5.41) is 3.24. The van der Waals surface area contributed by atoms with Gasteiger partial charge in [-0.2, -0.15) is 0 Å². The highest BCUT2D eigenvalue weighted by Gasteiger charge is 2.12. The van der Waals surface area contributed by atoms with Crippen molar-refractivity contribution in [3.05, 3.63) is 54.4 Å². The Balaban J connectivity index is 2.04. The lowest BCUT2D eigenvalue weighted by molar-refractivity contribution is 0.290. The molecule has 15 heavy (non-hydrogen) atoms. The second-order valence-corrected chi connectivity index (χ2v) is 3.78. The van der Waals surface area contributed by atoms with E-state index in [2.05, 4.69) is 54.2 Å². The number of rotatable bonds is 3. The van der Waals surface area contributed by atoms with Gasteiger partial charge in [-0.1, -0.05) is 36.9 Å². The van der Waals surface area contributed by atoms with Gasteiger partial charge in [0.2, 0.25) is 0 Å². The van der Waals surface area contributed by atoms with Crippen molar-refractivity contribution >= 4 is 6.08 Å². The van der Waals surface area contributed by atoms with Gasteiger partial charge in [0.25, 0.3) is 0 Å². The van der Waals surface area contributed by atoms with Crippen LogP contribution in [0.2, 0.25) is 0 Å². The summed E-state index contributed by atoms with van der Waals surface area (Å²) < 4.78 is 0. The van der Waals surface area contributed by atoms with E-state index in [1.807, 2.05) is 12.3 Å². The van der Waals surface area contributed by atoms with Crippen molar-refractivity contribution < 1.29 is 0 Å². The third kappa shape index (κ3) is 2.21. The first-order valence-electron chi connectivity index (χ1n) is 5.19. The van der Waals surface area contributed by atoms with Crippen LogP contribution in [0.15, 0.2) is 43.2 Å². The molecular weight excluding hydrogens is 184 g/mol. The first kappa shape index (κ1) is 9.84. The summed E-state index contributed by atoms with van der Waals surface area (Å²) in [7, 11) is 0. The van der Waals surface area contributed by atoms with Crippen molar-refractivity contribution in [3.63, 3.8) is 0 Å². The van der Waals surface area contributed by atoms with Crippen molar-refractivity contribution in [2.24, 2.45) is 0 Å². The van der Waals surface area contributed by atoms with Crippen LogP contribution in [-0.4, -0.2) is 11.1 Å². The Labute approximate surface area is 90.9 Å². The first-order valence-corrected chi connectivity index (χ1v) is 5.19. The number of hydrogen-bond acceptors (Lipinski definition) is 2. The van der Waals surface area contributed by atoms with E-state index in [0.29, 0.717) is 6.17 Å². The van der Waals surface area contributed by atoms with Crippen molar-refractivity contribution in [2.75, 3.05) is 0 Å². The lowest BCUT2D eigenvalue weighted by Gasteiger charge is -2.22. The lowest BCUT2D eigenvalue weighted by Crippen LogP contribution is -2.31. The van der Waals surface area contributed by atoms with Crippen LogP contribution in [0.5, 0.6) is 0 Å². The van der Waals surface area contributed by atoms with E-state index in [4.69, 9.17) is 0 Å². The van der Waals surface area contributed by atoms with E-state index < -0.39 is 0 Å². The highest BCUT2D eigenvalue weighted by molar-refractivity contribution is 5.47. The van der Waals surface area contributed by atoms with Crippen LogP contribution >= 0.6 is 0 Å². The highest BCUT2D eigenvalue weighted by atomic mass is 15.3. The molecule has 1 atom stereocenters. The number of nitrogens with zero attached hydrogens (tertiary/aromatic N) is 1. The zero-order chi connectivity index (χ0) is 10.7. The minimum absolute atomic E-state index is 0.393. The normalized spacial score (nSPS) is 19.0. The Hall–Kier alpha value is -1.70. The van der Waals surface area contributed by atoms with E-state index in [1.54, 1.807) is 0 Å². The predicted octanol–water partition coefficient (Wildman–Crippen LogP) is 2.55. The largest absolute Gasteiger partial charge is 0.370 e. The summed E-state index contributed by atoms with van der Waals surface area (Å²) in [5.74, 6) is 0. The Bertz CT molecular complexity index is 365. The van der Waals surface area contributed by atoms with Gasteiger partial charge in [-0.15, -0.1) is 0 Å². The van der Waals surface area contributed by atoms with Crippen LogP contribution in [-0.2, 0) is 6.54 Å². The van der Waals surface area contributed by atoms with Gasteiger partial charge < -0.3 is 10.2 Å². The van der Waals surface area contributed by atoms with Crippen molar-refractivity contribution in [3.8, 4) is 0 Å². The van der Waals surface area contributed by atoms with Crippen LogP contribution in [0.3, 0.4) is 0 Å². The fourth-order valence-electron chi connectivity index (χ4n) is 1.66. The summed E-state index contributed by atoms with van der Waals surface area (Å²) in [6, 6.07) is 8.49. The molecule has 0 radical (unpaired) electrons. The molecule has 0 aromatic heterocycles. The molecule has 1 aromatic rings. The molecule has 1 N–H and O–H groups in total. The zero-order valence-corrected chi connectivity index (χ0v) is 8.98. The fraction of sp³-hybridized carbons (Fsp3) is 0.231. The number of benzene rings is 1. The second-order valence-electron chi connectivity index (χ2n) is 3.78. The summed E-state index contributed by atoms with van der Waals surface area (Å²) in [6.45, 7) is 6.84. The summed E-state index contributed by atoms with van der Waals surface area (Å²) in [4.78, 5) is 2.27. The van der Waals surface area contributed by atoms with E-state index in [0.717, 1.165) is 6.54 Å². The molecule has 1 aliphatic rings. The molecule has 0 aliphatic carbocycles. The van der Waals surface area contributed by atoms with E-state index in [9.17, 15) is 0 Å². The van der Waals surface area contributed by atoms with E-state index in [-0.39, 0.29) is 0 Å². The molecule has 78 valence electrons. The van der Waals surface area contributed by atoms with Gasteiger partial charge >= 0.3 is 0 Å². The molecule has 0 fully saturated rings. The molecule has 0 saturated carbocycles. The van der Waals surface area contributed by atoms with Gasteiger partial charge in [-0.05, 0) is 18.1 Å². The fourth-order valence-corrected chi connectivity index (χ4v) is 1.66. The predicted molar refractivity (Wildman–Crippen MR) is 63.8 cm³/mol. The standard InChI is InChI=1S/C13H16N2/c1-3-12-4-6-13(7-5-12)10-15-9-8-14-11(15)2/h3-9,11,14H,1,10H2,2H3. The molecule has 0 saturated heterocycles. The third-order valence-electron chi connectivity index (χ3n) is 2.68. The van der Waals surface area contributed by atoms with Gasteiger partial charge in [0.05, 0.1) is 6.17 Å². The van der Waals surface area contributed by atoms with Crippen molar-refractivity contribution in [2.45, 2.75) is 19.6 Å². The third-order valence-corrected chi connectivity index (χ3v) is 2.68. The molecule has 2 rings (SSSR count). The average molecular weight is 200 g/mol. The zero-order valence-electron chi connectivity index (χ0n) is 8.98. The molecule has 0 bridgehead atoms. The van der Waals surface area contributed by atoms with E-state index >= 15 is 0 Å². The summed E-state index contributed by atoms with van der Waals surface area (Å²) >= 11 is 0. The Morgan fingerprint density at radius 1 is 1.40 bits per heavy atom. The second kappa shape index (κ2) is 4.22. The minimum Gasteiger partial charge on any atom is -0.370 e. The summed E-state index contributed by atoms with van der Waals surface area (Å²) in [6.07, 6.45) is 6.34. The monoisotopic (exact) mass is 200 g/mol. The molecule has 1 aliphatic heterocycles. The number of hydrogen-bond donors (Lipinski definition) is 1. The van der Waals surface area contributed by atoms with Crippen LogP contribution in [0.25, 0.3) is 6.08 Å². The van der Waals surface area contributed by atoms with Gasteiger partial charge in [0, 0.05) is 18.9 Å². The highest BCUT2D eigenvalue weighted by Crippen LogP contribution is 2.12. The SMILES string of the molecule is C=Cc1ccc(CN2C=CNC2C)cc1. The molecule has 0 spiro atoms. The average Bonchev–Trinajstić information content (AvgIpc) is 2.66. The van der Waals surface area contributed by atoms with Crippen LogP contribution < -0.4 is 5.32 Å². The molecule has 2 nitrogen and oxygen atoms in total. The molecule has 0 amide bonds. The van der Waals surface area contributed by atoms with E-state index in [1.165, 1.54) is 11.1 Å². The molecule has 1 heterocycles. The molecule has 2 heteroatoms. The smallest absolute Gasteiger partial charge is 0.0955 e. The maximum Gasteiger partial charge on any atom is 0.0955 e. The first-order chi connectivity index (χ1) is 7.29. The minimum atomic E-state index is 0.393. The molecular formula is C13H16N2. The van der Waals surface area contributed by atoms with Crippen molar-refractivity contribution in [1.82, 2.24) is 10.2 Å². The Morgan fingerprint density at radius 2 is 2.13 bits per heavy atom. The Morgan fingerprint density at radius 3 is 2.67 bits per heavy atom. The lowest BCUT2D eigenvalue weighted by atomic mass is 10.1. The Kier molecular flexibility index (Phi) is 2.77. The maximum atomic E-state index is 3.74. The number of nitrogens with one attached hydrogen (secondary N) is 1. The van der Waals surface area contributed by atoms with Crippen LogP contribution in [0.1, 0.15) is 18.1 Å². The van der Waals surface area contributed by atoms with Gasteiger partial charge in [0.1, 0.15) is 0 Å².